The van der Waals surface area contributed by atoms with Crippen LogP contribution in [0.5, 0.6) is 5.88 Å². The third kappa shape index (κ3) is 2.66. The molecule has 1 aromatic rings. The fourth-order valence-electron chi connectivity index (χ4n) is 2.05. The first-order valence-corrected chi connectivity index (χ1v) is 5.98. The minimum atomic E-state index is 0.245. The number of nitrogens with zero attached hydrogens (tertiary/aromatic N) is 3. The van der Waals surface area contributed by atoms with Gasteiger partial charge in [-0.05, 0) is 26.8 Å². The van der Waals surface area contributed by atoms with E-state index in [0.717, 1.165) is 31.9 Å². The number of methoxy groups -OCH3 is 1. The molecule has 1 aliphatic rings. The minimum absolute atomic E-state index is 0.245. The fourth-order valence-corrected chi connectivity index (χ4v) is 2.05. The Morgan fingerprint density at radius 2 is 2.12 bits per heavy atom. The second kappa shape index (κ2) is 4.87. The summed E-state index contributed by atoms with van der Waals surface area (Å²) >= 11 is 0. The maximum absolute atomic E-state index is 5.12. The van der Waals surface area contributed by atoms with Crippen LogP contribution in [0.1, 0.15) is 19.8 Å². The zero-order valence-electron chi connectivity index (χ0n) is 10.7. The van der Waals surface area contributed by atoms with Crippen LogP contribution in [0.2, 0.25) is 0 Å². The van der Waals surface area contributed by atoms with E-state index in [1.54, 1.807) is 19.4 Å². The Morgan fingerprint density at radius 3 is 2.71 bits per heavy atom. The first-order valence-electron chi connectivity index (χ1n) is 5.98. The third-order valence-electron chi connectivity index (χ3n) is 3.58. The molecule has 0 amide bonds. The van der Waals surface area contributed by atoms with Gasteiger partial charge in [-0.2, -0.15) is 4.98 Å². The van der Waals surface area contributed by atoms with E-state index in [1.165, 1.54) is 0 Å². The molecule has 0 saturated carbocycles. The molecule has 1 aliphatic heterocycles. The lowest BCUT2D eigenvalue weighted by atomic mass is 9.90. The van der Waals surface area contributed by atoms with E-state index in [-0.39, 0.29) is 5.54 Å². The largest absolute Gasteiger partial charge is 0.481 e. The van der Waals surface area contributed by atoms with Crippen molar-refractivity contribution >= 4 is 5.95 Å². The molecule has 1 fully saturated rings. The quantitative estimate of drug-likeness (QED) is 0.850. The van der Waals surface area contributed by atoms with Gasteiger partial charge in [0.15, 0.2) is 0 Å². The topological polar surface area (TPSA) is 50.3 Å². The van der Waals surface area contributed by atoms with Crippen molar-refractivity contribution in [3.8, 4) is 5.88 Å². The molecule has 0 bridgehead atoms. The molecule has 0 unspecified atom stereocenters. The first-order chi connectivity index (χ1) is 8.17. The number of aromatic nitrogens is 2. The summed E-state index contributed by atoms with van der Waals surface area (Å²) in [7, 11) is 3.65. The highest BCUT2D eigenvalue weighted by atomic mass is 16.5. The highest BCUT2D eigenvalue weighted by molar-refractivity contribution is 5.33. The van der Waals surface area contributed by atoms with Crippen LogP contribution < -0.4 is 15.0 Å². The minimum Gasteiger partial charge on any atom is -0.481 e. The van der Waals surface area contributed by atoms with E-state index in [2.05, 4.69) is 27.1 Å². The first kappa shape index (κ1) is 12.1. The molecular weight excluding hydrogens is 216 g/mol. The van der Waals surface area contributed by atoms with Crippen LogP contribution in [0.25, 0.3) is 0 Å². The SMILES string of the molecule is CNC1(C)CCN(c2nccc(OC)n2)CC1. The number of ether oxygens (including phenoxy) is 1. The van der Waals surface area contributed by atoms with Gasteiger partial charge in [0.2, 0.25) is 11.8 Å². The maximum atomic E-state index is 5.12. The lowest BCUT2D eigenvalue weighted by Crippen LogP contribution is -2.50. The normalized spacial score (nSPS) is 19.1. The van der Waals surface area contributed by atoms with Crippen molar-refractivity contribution in [3.05, 3.63) is 12.3 Å². The predicted octanol–water partition coefficient (Wildman–Crippen LogP) is 1.06. The molecule has 5 heteroatoms. The van der Waals surface area contributed by atoms with E-state index >= 15 is 0 Å². The number of rotatable bonds is 3. The van der Waals surface area contributed by atoms with Gasteiger partial charge in [-0.25, -0.2) is 4.98 Å². The van der Waals surface area contributed by atoms with Crippen molar-refractivity contribution in [3.63, 3.8) is 0 Å². The van der Waals surface area contributed by atoms with Crippen LogP contribution in [0.4, 0.5) is 5.95 Å². The van der Waals surface area contributed by atoms with Crippen LogP contribution in [0.3, 0.4) is 0 Å². The zero-order valence-corrected chi connectivity index (χ0v) is 10.7. The molecule has 2 rings (SSSR count). The van der Waals surface area contributed by atoms with Crippen LogP contribution >= 0.6 is 0 Å². The Balaban J connectivity index is 2.05. The molecule has 0 aliphatic carbocycles. The summed E-state index contributed by atoms with van der Waals surface area (Å²) in [4.78, 5) is 10.9. The Labute approximate surface area is 102 Å². The third-order valence-corrected chi connectivity index (χ3v) is 3.58. The standard InChI is InChI=1S/C12H20N4O/c1-12(13-2)5-8-16(9-6-12)11-14-7-4-10(15-11)17-3/h4,7,13H,5-6,8-9H2,1-3H3. The van der Waals surface area contributed by atoms with Crippen molar-refractivity contribution in [2.24, 2.45) is 0 Å². The van der Waals surface area contributed by atoms with E-state index in [1.807, 2.05) is 7.05 Å². The molecule has 0 radical (unpaired) electrons. The lowest BCUT2D eigenvalue weighted by molar-refractivity contribution is 0.303. The second-order valence-electron chi connectivity index (χ2n) is 4.70. The molecule has 1 aromatic heterocycles. The summed E-state index contributed by atoms with van der Waals surface area (Å²) in [5, 5.41) is 3.38. The fraction of sp³-hybridized carbons (Fsp3) is 0.667. The average molecular weight is 236 g/mol. The van der Waals surface area contributed by atoms with E-state index in [0.29, 0.717) is 5.88 Å². The molecule has 0 aromatic carbocycles. The molecule has 0 spiro atoms. The molecule has 2 heterocycles. The predicted molar refractivity (Wildman–Crippen MR) is 67.5 cm³/mol. The number of hydrogen-bond donors (Lipinski definition) is 1. The van der Waals surface area contributed by atoms with E-state index < -0.39 is 0 Å². The van der Waals surface area contributed by atoms with Crippen molar-refractivity contribution in [1.82, 2.24) is 15.3 Å². The zero-order chi connectivity index (χ0) is 12.3. The van der Waals surface area contributed by atoms with Crippen molar-refractivity contribution in [2.45, 2.75) is 25.3 Å². The molecular formula is C12H20N4O. The molecule has 17 heavy (non-hydrogen) atoms. The summed E-state index contributed by atoms with van der Waals surface area (Å²) < 4.78 is 5.12. The summed E-state index contributed by atoms with van der Waals surface area (Å²) in [5.41, 5.74) is 0.245. The van der Waals surface area contributed by atoms with Gasteiger partial charge in [0.05, 0.1) is 7.11 Å². The number of hydrogen-bond acceptors (Lipinski definition) is 5. The van der Waals surface area contributed by atoms with Gasteiger partial charge in [-0.3, -0.25) is 0 Å². The van der Waals surface area contributed by atoms with Crippen LogP contribution in [-0.2, 0) is 0 Å². The van der Waals surface area contributed by atoms with Crippen LogP contribution in [0, 0.1) is 0 Å². The van der Waals surface area contributed by atoms with Gasteiger partial charge in [0, 0.05) is 30.9 Å². The Bertz CT molecular complexity index is 375. The highest BCUT2D eigenvalue weighted by Crippen LogP contribution is 2.24. The molecule has 5 nitrogen and oxygen atoms in total. The van der Waals surface area contributed by atoms with E-state index in [4.69, 9.17) is 4.74 Å². The number of anilines is 1. The monoisotopic (exact) mass is 236 g/mol. The Hall–Kier alpha value is -1.36. The smallest absolute Gasteiger partial charge is 0.228 e. The summed E-state index contributed by atoms with van der Waals surface area (Å²) in [6.07, 6.45) is 3.95. The molecule has 1 N–H and O–H groups in total. The molecule has 0 atom stereocenters. The van der Waals surface area contributed by atoms with Gasteiger partial charge in [-0.1, -0.05) is 0 Å². The van der Waals surface area contributed by atoms with Crippen molar-refractivity contribution in [2.75, 3.05) is 32.1 Å². The lowest BCUT2D eigenvalue weighted by Gasteiger charge is -2.39. The molecule has 1 saturated heterocycles. The highest BCUT2D eigenvalue weighted by Gasteiger charge is 2.29. The van der Waals surface area contributed by atoms with Gasteiger partial charge in [0.25, 0.3) is 0 Å². The Morgan fingerprint density at radius 1 is 1.41 bits per heavy atom. The van der Waals surface area contributed by atoms with Crippen LogP contribution in [-0.4, -0.2) is 42.8 Å². The average Bonchev–Trinajstić information content (AvgIpc) is 2.40. The summed E-state index contributed by atoms with van der Waals surface area (Å²) in [6, 6.07) is 1.77. The number of piperidine rings is 1. The van der Waals surface area contributed by atoms with Crippen molar-refractivity contribution < 1.29 is 4.74 Å². The van der Waals surface area contributed by atoms with Gasteiger partial charge >= 0.3 is 0 Å². The van der Waals surface area contributed by atoms with Gasteiger partial charge in [0.1, 0.15) is 0 Å². The van der Waals surface area contributed by atoms with Crippen LogP contribution in [0.15, 0.2) is 12.3 Å². The Kier molecular flexibility index (Phi) is 3.47. The molecule has 94 valence electrons. The van der Waals surface area contributed by atoms with Gasteiger partial charge in [-0.15, -0.1) is 0 Å². The summed E-state index contributed by atoms with van der Waals surface area (Å²) in [6.45, 7) is 4.21. The van der Waals surface area contributed by atoms with E-state index in [9.17, 15) is 0 Å². The maximum Gasteiger partial charge on any atom is 0.228 e. The summed E-state index contributed by atoms with van der Waals surface area (Å²) in [5.74, 6) is 1.39. The second-order valence-corrected chi connectivity index (χ2v) is 4.70. The van der Waals surface area contributed by atoms with Crippen molar-refractivity contribution in [1.29, 1.82) is 0 Å². The number of nitrogens with one attached hydrogen (secondary N) is 1. The van der Waals surface area contributed by atoms with Gasteiger partial charge < -0.3 is 15.0 Å².